The molecule has 0 aliphatic rings. The topological polar surface area (TPSA) is 17.0 Å². The molecule has 4 heteroatoms. The lowest BCUT2D eigenvalue weighted by atomic mass is 10.2. The standard InChI is InChI=1S/C12H15ClN2S/c1-9(12-4-3-5-16-12)14-7-11-6-10(13)8-15(11)2/h3-6,8-9,14H,7H2,1-2H3. The van der Waals surface area contributed by atoms with Gasteiger partial charge in [0.1, 0.15) is 0 Å². The Bertz CT molecular complexity index is 448. The number of nitrogens with zero attached hydrogens (tertiary/aromatic N) is 1. The van der Waals surface area contributed by atoms with Crippen molar-refractivity contribution in [2.45, 2.75) is 19.5 Å². The quantitative estimate of drug-likeness (QED) is 0.882. The van der Waals surface area contributed by atoms with Gasteiger partial charge in [-0.3, -0.25) is 0 Å². The molecule has 1 N–H and O–H groups in total. The molecule has 0 aliphatic heterocycles. The predicted molar refractivity (Wildman–Crippen MR) is 70.0 cm³/mol. The molecule has 2 nitrogen and oxygen atoms in total. The van der Waals surface area contributed by atoms with E-state index in [2.05, 4.69) is 34.3 Å². The fourth-order valence-electron chi connectivity index (χ4n) is 1.64. The monoisotopic (exact) mass is 254 g/mol. The van der Waals surface area contributed by atoms with Gasteiger partial charge in [0.25, 0.3) is 0 Å². The van der Waals surface area contributed by atoms with E-state index in [1.54, 1.807) is 11.3 Å². The van der Waals surface area contributed by atoms with Crippen molar-refractivity contribution in [1.29, 1.82) is 0 Å². The first-order valence-electron chi connectivity index (χ1n) is 5.24. The van der Waals surface area contributed by atoms with Crippen LogP contribution in [0.3, 0.4) is 0 Å². The lowest BCUT2D eigenvalue weighted by Gasteiger charge is -2.12. The van der Waals surface area contributed by atoms with Crippen molar-refractivity contribution in [3.8, 4) is 0 Å². The summed E-state index contributed by atoms with van der Waals surface area (Å²) >= 11 is 7.71. The van der Waals surface area contributed by atoms with Gasteiger partial charge in [-0.2, -0.15) is 0 Å². The second-order valence-corrected chi connectivity index (χ2v) is 5.29. The Balaban J connectivity index is 1.95. The van der Waals surface area contributed by atoms with E-state index in [1.807, 2.05) is 19.3 Å². The lowest BCUT2D eigenvalue weighted by Crippen LogP contribution is -2.18. The first kappa shape index (κ1) is 11.7. The van der Waals surface area contributed by atoms with E-state index in [4.69, 9.17) is 11.6 Å². The Morgan fingerprint density at radius 1 is 1.56 bits per heavy atom. The number of rotatable bonds is 4. The highest BCUT2D eigenvalue weighted by molar-refractivity contribution is 7.10. The molecule has 2 heterocycles. The molecule has 0 aliphatic carbocycles. The largest absolute Gasteiger partial charge is 0.352 e. The summed E-state index contributed by atoms with van der Waals surface area (Å²) in [6, 6.07) is 6.61. The highest BCUT2D eigenvalue weighted by atomic mass is 35.5. The zero-order valence-electron chi connectivity index (χ0n) is 9.40. The van der Waals surface area contributed by atoms with Gasteiger partial charge in [-0.1, -0.05) is 17.7 Å². The number of aromatic nitrogens is 1. The molecule has 0 fully saturated rings. The van der Waals surface area contributed by atoms with E-state index in [0.29, 0.717) is 6.04 Å². The second-order valence-electron chi connectivity index (χ2n) is 3.88. The Kier molecular flexibility index (Phi) is 3.69. The molecule has 0 saturated carbocycles. The molecule has 0 spiro atoms. The average Bonchev–Trinajstić information content (AvgIpc) is 2.84. The van der Waals surface area contributed by atoms with Crippen molar-refractivity contribution < 1.29 is 0 Å². The van der Waals surface area contributed by atoms with Gasteiger partial charge in [-0.15, -0.1) is 11.3 Å². The van der Waals surface area contributed by atoms with Crippen molar-refractivity contribution >= 4 is 22.9 Å². The number of hydrogen-bond acceptors (Lipinski definition) is 2. The number of hydrogen-bond donors (Lipinski definition) is 1. The van der Waals surface area contributed by atoms with Gasteiger partial charge in [0.05, 0.1) is 5.02 Å². The lowest BCUT2D eigenvalue weighted by molar-refractivity contribution is 0.565. The van der Waals surface area contributed by atoms with Crippen LogP contribution >= 0.6 is 22.9 Å². The number of halogens is 1. The number of aryl methyl sites for hydroxylation is 1. The Hall–Kier alpha value is -0.770. The molecule has 0 bridgehead atoms. The van der Waals surface area contributed by atoms with Crippen molar-refractivity contribution in [3.05, 3.63) is 45.4 Å². The summed E-state index contributed by atoms with van der Waals surface area (Å²) in [6.07, 6.45) is 1.92. The van der Waals surface area contributed by atoms with Crippen LogP contribution in [-0.4, -0.2) is 4.57 Å². The second kappa shape index (κ2) is 5.04. The van der Waals surface area contributed by atoms with Gasteiger partial charge >= 0.3 is 0 Å². The third kappa shape index (κ3) is 2.67. The average molecular weight is 255 g/mol. The van der Waals surface area contributed by atoms with E-state index >= 15 is 0 Å². The molecule has 0 radical (unpaired) electrons. The fraction of sp³-hybridized carbons (Fsp3) is 0.333. The minimum absolute atomic E-state index is 0.383. The first-order valence-corrected chi connectivity index (χ1v) is 6.50. The summed E-state index contributed by atoms with van der Waals surface area (Å²) in [7, 11) is 2.01. The van der Waals surface area contributed by atoms with Crippen LogP contribution in [0.1, 0.15) is 23.5 Å². The Morgan fingerprint density at radius 3 is 2.94 bits per heavy atom. The molecule has 0 aromatic carbocycles. The summed E-state index contributed by atoms with van der Waals surface area (Å²) in [4.78, 5) is 1.36. The SMILES string of the molecule is CC(NCc1cc(Cl)cn1C)c1cccs1. The Labute approximate surface area is 105 Å². The minimum Gasteiger partial charge on any atom is -0.352 e. The number of thiophene rings is 1. The third-order valence-electron chi connectivity index (χ3n) is 2.63. The van der Waals surface area contributed by atoms with Crippen molar-refractivity contribution in [2.24, 2.45) is 7.05 Å². The molecule has 86 valence electrons. The van der Waals surface area contributed by atoms with Crippen LogP contribution < -0.4 is 5.32 Å². The van der Waals surface area contributed by atoms with Crippen LogP contribution in [0.25, 0.3) is 0 Å². The molecule has 1 atom stereocenters. The smallest absolute Gasteiger partial charge is 0.0585 e. The molecule has 2 rings (SSSR count). The van der Waals surface area contributed by atoms with Gasteiger partial charge in [0, 0.05) is 36.4 Å². The number of nitrogens with one attached hydrogen (secondary N) is 1. The van der Waals surface area contributed by atoms with Crippen LogP contribution in [-0.2, 0) is 13.6 Å². The van der Waals surface area contributed by atoms with Gasteiger partial charge in [0.15, 0.2) is 0 Å². The van der Waals surface area contributed by atoms with Crippen molar-refractivity contribution in [1.82, 2.24) is 9.88 Å². The summed E-state index contributed by atoms with van der Waals surface area (Å²) < 4.78 is 2.05. The molecular weight excluding hydrogens is 240 g/mol. The molecule has 2 aromatic rings. The van der Waals surface area contributed by atoms with Gasteiger partial charge in [-0.25, -0.2) is 0 Å². The maximum atomic E-state index is 5.93. The zero-order chi connectivity index (χ0) is 11.5. The highest BCUT2D eigenvalue weighted by Crippen LogP contribution is 2.19. The van der Waals surface area contributed by atoms with E-state index < -0.39 is 0 Å². The summed E-state index contributed by atoms with van der Waals surface area (Å²) in [5.41, 5.74) is 1.20. The molecule has 1 unspecified atom stereocenters. The van der Waals surface area contributed by atoms with E-state index in [1.165, 1.54) is 10.6 Å². The summed E-state index contributed by atoms with van der Waals surface area (Å²) in [5.74, 6) is 0. The van der Waals surface area contributed by atoms with Crippen molar-refractivity contribution in [3.63, 3.8) is 0 Å². The predicted octanol–water partition coefficient (Wildman–Crippen LogP) is 3.59. The molecular formula is C12H15ClN2S. The summed E-state index contributed by atoms with van der Waals surface area (Å²) in [5, 5.41) is 6.38. The maximum Gasteiger partial charge on any atom is 0.0585 e. The van der Waals surface area contributed by atoms with E-state index in [0.717, 1.165) is 11.6 Å². The van der Waals surface area contributed by atoms with Crippen LogP contribution in [0, 0.1) is 0 Å². The minimum atomic E-state index is 0.383. The van der Waals surface area contributed by atoms with Crippen LogP contribution in [0.15, 0.2) is 29.8 Å². The van der Waals surface area contributed by atoms with Crippen molar-refractivity contribution in [2.75, 3.05) is 0 Å². The molecule has 0 amide bonds. The zero-order valence-corrected chi connectivity index (χ0v) is 11.0. The van der Waals surface area contributed by atoms with Gasteiger partial charge in [-0.05, 0) is 24.4 Å². The molecule has 2 aromatic heterocycles. The van der Waals surface area contributed by atoms with Crippen LogP contribution in [0.4, 0.5) is 0 Å². The fourth-order valence-corrected chi connectivity index (χ4v) is 2.67. The van der Waals surface area contributed by atoms with Crippen LogP contribution in [0.2, 0.25) is 5.02 Å². The summed E-state index contributed by atoms with van der Waals surface area (Å²) in [6.45, 7) is 3.01. The normalized spacial score (nSPS) is 12.9. The van der Waals surface area contributed by atoms with Gasteiger partial charge in [0.2, 0.25) is 0 Å². The molecule has 16 heavy (non-hydrogen) atoms. The molecule has 0 saturated heterocycles. The first-order chi connectivity index (χ1) is 7.66. The Morgan fingerprint density at radius 2 is 2.38 bits per heavy atom. The van der Waals surface area contributed by atoms with Crippen LogP contribution in [0.5, 0.6) is 0 Å². The maximum absolute atomic E-state index is 5.93. The van der Waals surface area contributed by atoms with Gasteiger partial charge < -0.3 is 9.88 Å². The third-order valence-corrected chi connectivity index (χ3v) is 3.90. The van der Waals surface area contributed by atoms with E-state index in [9.17, 15) is 0 Å². The van der Waals surface area contributed by atoms with E-state index in [-0.39, 0.29) is 0 Å². The highest BCUT2D eigenvalue weighted by Gasteiger charge is 2.07.